The number of hydrogen-bond acceptors (Lipinski definition) is 7. The third-order valence-electron chi connectivity index (χ3n) is 4.76. The SMILES string of the molecule is CN1CC(O)CC2(CCN(C(=O)Cc3nnc(N)s3)CC2)C1. The van der Waals surface area contributed by atoms with Crippen molar-refractivity contribution in [3.05, 3.63) is 5.01 Å². The van der Waals surface area contributed by atoms with Crippen molar-refractivity contribution in [3.8, 4) is 0 Å². The van der Waals surface area contributed by atoms with Crippen LogP contribution < -0.4 is 5.73 Å². The van der Waals surface area contributed by atoms with Crippen molar-refractivity contribution >= 4 is 22.4 Å². The first-order chi connectivity index (χ1) is 10.5. The van der Waals surface area contributed by atoms with Crippen LogP contribution in [0, 0.1) is 5.41 Å². The summed E-state index contributed by atoms with van der Waals surface area (Å²) in [5, 5.41) is 18.8. The number of nitrogens with two attached hydrogens (primary N) is 1. The minimum atomic E-state index is -0.245. The molecule has 1 amide bonds. The van der Waals surface area contributed by atoms with E-state index in [1.807, 2.05) is 4.90 Å². The third-order valence-corrected chi connectivity index (χ3v) is 5.51. The Morgan fingerprint density at radius 1 is 1.45 bits per heavy atom. The van der Waals surface area contributed by atoms with E-state index >= 15 is 0 Å². The molecule has 122 valence electrons. The molecule has 7 nitrogen and oxygen atoms in total. The number of nitrogens with zero attached hydrogens (tertiary/aromatic N) is 4. The van der Waals surface area contributed by atoms with Crippen LogP contribution in [0.3, 0.4) is 0 Å². The molecule has 3 rings (SSSR count). The number of aliphatic hydroxyl groups excluding tert-OH is 1. The Hall–Kier alpha value is -1.25. The number of rotatable bonds is 2. The lowest BCUT2D eigenvalue weighted by atomic mass is 9.71. The summed E-state index contributed by atoms with van der Waals surface area (Å²) in [6.07, 6.45) is 2.80. The van der Waals surface area contributed by atoms with Crippen molar-refractivity contribution in [1.29, 1.82) is 0 Å². The second-order valence-electron chi connectivity index (χ2n) is 6.65. The van der Waals surface area contributed by atoms with Crippen molar-refractivity contribution in [2.24, 2.45) is 5.41 Å². The Morgan fingerprint density at radius 2 is 2.18 bits per heavy atom. The van der Waals surface area contributed by atoms with E-state index in [0.29, 0.717) is 10.1 Å². The minimum absolute atomic E-state index is 0.0933. The molecule has 0 aromatic carbocycles. The average molecular weight is 325 g/mol. The number of β-amino-alcohol motifs (C(OH)–C–C–N with tert-alkyl or cyclic N) is 1. The predicted octanol–water partition coefficient (Wildman–Crippen LogP) is -0.0320. The van der Waals surface area contributed by atoms with Crippen LogP contribution in [0.5, 0.6) is 0 Å². The van der Waals surface area contributed by atoms with E-state index in [9.17, 15) is 9.90 Å². The summed E-state index contributed by atoms with van der Waals surface area (Å²) in [5.41, 5.74) is 5.71. The summed E-state index contributed by atoms with van der Waals surface area (Å²) < 4.78 is 0. The van der Waals surface area contributed by atoms with Crippen molar-refractivity contribution in [2.45, 2.75) is 31.8 Å². The van der Waals surface area contributed by atoms with Crippen LogP contribution in [0.25, 0.3) is 0 Å². The molecule has 22 heavy (non-hydrogen) atoms. The molecule has 1 atom stereocenters. The molecule has 3 N–H and O–H groups in total. The smallest absolute Gasteiger partial charge is 0.229 e. The Labute approximate surface area is 134 Å². The molecule has 0 saturated carbocycles. The lowest BCUT2D eigenvalue weighted by Gasteiger charge is -2.48. The van der Waals surface area contributed by atoms with E-state index in [0.717, 1.165) is 45.4 Å². The number of aromatic nitrogens is 2. The minimum Gasteiger partial charge on any atom is -0.392 e. The van der Waals surface area contributed by atoms with Gasteiger partial charge in [-0.3, -0.25) is 4.79 Å². The van der Waals surface area contributed by atoms with E-state index in [1.54, 1.807) is 0 Å². The zero-order valence-electron chi connectivity index (χ0n) is 12.9. The maximum Gasteiger partial charge on any atom is 0.229 e. The van der Waals surface area contributed by atoms with Crippen LogP contribution in [-0.2, 0) is 11.2 Å². The maximum absolute atomic E-state index is 12.3. The number of aliphatic hydroxyl groups is 1. The summed E-state index contributed by atoms with van der Waals surface area (Å²) >= 11 is 1.27. The molecular formula is C14H23N5O2S. The van der Waals surface area contributed by atoms with Gasteiger partial charge in [0.15, 0.2) is 0 Å². The Morgan fingerprint density at radius 3 is 2.77 bits per heavy atom. The Bertz CT molecular complexity index is 529. The number of hydrogen-bond donors (Lipinski definition) is 2. The number of piperidine rings is 2. The van der Waals surface area contributed by atoms with Crippen LogP contribution in [0.15, 0.2) is 0 Å². The fourth-order valence-corrected chi connectivity index (χ4v) is 4.40. The highest BCUT2D eigenvalue weighted by atomic mass is 32.1. The van der Waals surface area contributed by atoms with Gasteiger partial charge in [-0.25, -0.2) is 0 Å². The highest BCUT2D eigenvalue weighted by Crippen LogP contribution is 2.39. The zero-order valence-corrected chi connectivity index (χ0v) is 13.7. The lowest BCUT2D eigenvalue weighted by molar-refractivity contribution is -0.134. The number of amides is 1. The number of anilines is 1. The van der Waals surface area contributed by atoms with Crippen LogP contribution >= 0.6 is 11.3 Å². The lowest BCUT2D eigenvalue weighted by Crippen LogP contribution is -2.53. The monoisotopic (exact) mass is 325 g/mol. The number of nitrogen functional groups attached to an aromatic ring is 1. The van der Waals surface area contributed by atoms with Gasteiger partial charge in [-0.2, -0.15) is 0 Å². The zero-order chi connectivity index (χ0) is 15.7. The number of likely N-dealkylation sites (N-methyl/N-ethyl adjacent to an activating group) is 1. The van der Waals surface area contributed by atoms with Gasteiger partial charge in [-0.05, 0) is 31.7 Å². The molecule has 3 heterocycles. The van der Waals surface area contributed by atoms with E-state index in [4.69, 9.17) is 5.73 Å². The quantitative estimate of drug-likeness (QED) is 0.793. The van der Waals surface area contributed by atoms with Crippen molar-refractivity contribution in [2.75, 3.05) is 39.0 Å². The van der Waals surface area contributed by atoms with Crippen molar-refractivity contribution in [1.82, 2.24) is 20.0 Å². The van der Waals surface area contributed by atoms with E-state index in [-0.39, 0.29) is 23.8 Å². The molecule has 0 aliphatic carbocycles. The van der Waals surface area contributed by atoms with E-state index < -0.39 is 0 Å². The standard InChI is InChI=1S/C14H23N5O2S/c1-18-8-10(20)7-14(9-18)2-4-19(5-3-14)12(21)6-11-16-17-13(15)22-11/h10,20H,2-9H2,1H3,(H2,15,17). The summed E-state index contributed by atoms with van der Waals surface area (Å²) in [7, 11) is 2.06. The first-order valence-corrected chi connectivity index (χ1v) is 8.50. The van der Waals surface area contributed by atoms with Gasteiger partial charge in [0.25, 0.3) is 0 Å². The molecule has 0 radical (unpaired) electrons. The van der Waals surface area contributed by atoms with E-state index in [1.165, 1.54) is 11.3 Å². The molecule has 1 aromatic heterocycles. The summed E-state index contributed by atoms with van der Waals surface area (Å²) in [4.78, 5) is 16.5. The normalized spacial score (nSPS) is 25.5. The van der Waals surface area contributed by atoms with Crippen LogP contribution in [0.1, 0.15) is 24.3 Å². The molecule has 2 fully saturated rings. The maximum atomic E-state index is 12.3. The van der Waals surface area contributed by atoms with Crippen molar-refractivity contribution in [3.63, 3.8) is 0 Å². The molecule has 2 aliphatic rings. The van der Waals surface area contributed by atoms with Crippen LogP contribution in [0.2, 0.25) is 0 Å². The molecule has 1 aromatic rings. The molecule has 0 bridgehead atoms. The van der Waals surface area contributed by atoms with Gasteiger partial charge >= 0.3 is 0 Å². The summed E-state index contributed by atoms with van der Waals surface area (Å²) in [5.74, 6) is 0.0933. The van der Waals surface area contributed by atoms with Gasteiger partial charge in [0.1, 0.15) is 5.01 Å². The van der Waals surface area contributed by atoms with Gasteiger partial charge in [-0.1, -0.05) is 11.3 Å². The van der Waals surface area contributed by atoms with E-state index in [2.05, 4.69) is 22.1 Å². The largest absolute Gasteiger partial charge is 0.392 e. The van der Waals surface area contributed by atoms with Gasteiger partial charge < -0.3 is 20.6 Å². The second-order valence-corrected chi connectivity index (χ2v) is 7.74. The van der Waals surface area contributed by atoms with Gasteiger partial charge in [0, 0.05) is 26.2 Å². The molecule has 2 aliphatic heterocycles. The Kier molecular flexibility index (Phi) is 4.33. The predicted molar refractivity (Wildman–Crippen MR) is 84.4 cm³/mol. The number of carbonyl (C=O) groups is 1. The fourth-order valence-electron chi connectivity index (χ4n) is 3.80. The Balaban J connectivity index is 1.56. The number of likely N-dealkylation sites (tertiary alicyclic amines) is 2. The topological polar surface area (TPSA) is 95.6 Å². The van der Waals surface area contributed by atoms with Gasteiger partial charge in [0.2, 0.25) is 11.0 Å². The van der Waals surface area contributed by atoms with Crippen molar-refractivity contribution < 1.29 is 9.90 Å². The van der Waals surface area contributed by atoms with Gasteiger partial charge in [0.05, 0.1) is 12.5 Å². The molecule has 1 spiro atoms. The molecule has 2 saturated heterocycles. The highest BCUT2D eigenvalue weighted by Gasteiger charge is 2.41. The fraction of sp³-hybridized carbons (Fsp3) is 0.786. The van der Waals surface area contributed by atoms with Crippen LogP contribution in [-0.4, -0.2) is 70.3 Å². The molecule has 1 unspecified atom stereocenters. The average Bonchev–Trinajstić information content (AvgIpc) is 2.83. The first kappa shape index (κ1) is 15.6. The second kappa shape index (κ2) is 6.10. The third kappa shape index (κ3) is 3.39. The molecule has 8 heteroatoms. The summed E-state index contributed by atoms with van der Waals surface area (Å²) in [6, 6.07) is 0. The highest BCUT2D eigenvalue weighted by molar-refractivity contribution is 7.15. The van der Waals surface area contributed by atoms with Crippen LogP contribution in [0.4, 0.5) is 5.13 Å². The molecular weight excluding hydrogens is 302 g/mol. The number of carbonyl (C=O) groups excluding carboxylic acids is 1. The first-order valence-electron chi connectivity index (χ1n) is 7.68. The summed E-state index contributed by atoms with van der Waals surface area (Å²) in [6.45, 7) is 3.28. The van der Waals surface area contributed by atoms with Gasteiger partial charge in [-0.15, -0.1) is 10.2 Å².